The van der Waals surface area contributed by atoms with Crippen molar-refractivity contribution >= 4 is 5.91 Å². The monoisotopic (exact) mass is 259 g/mol. The van der Waals surface area contributed by atoms with Crippen LogP contribution in [0.15, 0.2) is 30.3 Å². The molecule has 0 radical (unpaired) electrons. The maximum Gasteiger partial charge on any atom is 0.237 e. The van der Waals surface area contributed by atoms with Crippen LogP contribution in [0.3, 0.4) is 0 Å². The summed E-state index contributed by atoms with van der Waals surface area (Å²) in [5, 5.41) is 11.8. The Labute approximate surface area is 112 Å². The topological polar surface area (TPSA) is 65.4 Å². The Bertz CT molecular complexity index is 456. The summed E-state index contributed by atoms with van der Waals surface area (Å²) < 4.78 is 5.49. The molecule has 5 heteroatoms. The maximum atomic E-state index is 11.7. The van der Waals surface area contributed by atoms with Gasteiger partial charge in [-0.3, -0.25) is 4.79 Å². The predicted molar refractivity (Wildman–Crippen MR) is 70.5 cm³/mol. The summed E-state index contributed by atoms with van der Waals surface area (Å²) >= 11 is 0. The number of nitrogens with zero attached hydrogens (tertiary/aromatic N) is 2. The molecule has 1 aromatic carbocycles. The molecule has 1 atom stereocenters. The molecule has 0 spiro atoms. The molecule has 0 bridgehead atoms. The minimum absolute atomic E-state index is 0.0162. The lowest BCUT2D eigenvalue weighted by Crippen LogP contribution is -2.53. The average Bonchev–Trinajstić information content (AvgIpc) is 2.39. The molecule has 1 saturated heterocycles. The SMILES string of the molecule is N#C[C@@H]1CCN1C(=O)CNCCOc1ccccc1. The van der Waals surface area contributed by atoms with Crippen LogP contribution in [-0.4, -0.2) is 43.1 Å². The van der Waals surface area contributed by atoms with Gasteiger partial charge in [-0.15, -0.1) is 0 Å². The molecule has 0 saturated carbocycles. The molecule has 19 heavy (non-hydrogen) atoms. The van der Waals surface area contributed by atoms with Crippen molar-refractivity contribution in [2.24, 2.45) is 0 Å². The molecule has 1 fully saturated rings. The van der Waals surface area contributed by atoms with E-state index in [1.165, 1.54) is 0 Å². The molecular formula is C14H17N3O2. The van der Waals surface area contributed by atoms with E-state index in [9.17, 15) is 4.79 Å². The predicted octanol–water partition coefficient (Wildman–Crippen LogP) is 0.779. The third-order valence-electron chi connectivity index (χ3n) is 3.06. The fourth-order valence-electron chi connectivity index (χ4n) is 1.87. The van der Waals surface area contributed by atoms with Crippen molar-refractivity contribution in [3.8, 4) is 11.8 Å². The quantitative estimate of drug-likeness (QED) is 0.767. The van der Waals surface area contributed by atoms with Crippen molar-refractivity contribution in [3.05, 3.63) is 30.3 Å². The van der Waals surface area contributed by atoms with Gasteiger partial charge in [0.2, 0.25) is 5.91 Å². The number of ether oxygens (including phenoxy) is 1. The van der Waals surface area contributed by atoms with Crippen molar-refractivity contribution < 1.29 is 9.53 Å². The van der Waals surface area contributed by atoms with Crippen molar-refractivity contribution in [1.29, 1.82) is 5.26 Å². The first kappa shape index (κ1) is 13.4. The molecule has 1 N–H and O–H groups in total. The van der Waals surface area contributed by atoms with Crippen molar-refractivity contribution in [1.82, 2.24) is 10.2 Å². The summed E-state index contributed by atoms with van der Waals surface area (Å²) in [6.45, 7) is 2.07. The molecule has 100 valence electrons. The molecule has 1 aliphatic heterocycles. The number of likely N-dealkylation sites (tertiary alicyclic amines) is 1. The fraction of sp³-hybridized carbons (Fsp3) is 0.429. The van der Waals surface area contributed by atoms with Gasteiger partial charge in [0, 0.05) is 13.1 Å². The van der Waals surface area contributed by atoms with Crippen molar-refractivity contribution in [2.45, 2.75) is 12.5 Å². The number of para-hydroxylation sites is 1. The molecule has 1 aliphatic rings. The van der Waals surface area contributed by atoms with Crippen LogP contribution in [0.2, 0.25) is 0 Å². The van der Waals surface area contributed by atoms with Crippen LogP contribution in [0.5, 0.6) is 5.75 Å². The summed E-state index contributed by atoms with van der Waals surface area (Å²) in [5.74, 6) is 0.806. The minimum Gasteiger partial charge on any atom is -0.492 e. The first-order chi connectivity index (χ1) is 9.31. The Balaban J connectivity index is 1.57. The molecule has 2 rings (SSSR count). The number of carbonyl (C=O) groups is 1. The summed E-state index contributed by atoms with van der Waals surface area (Å²) in [5.41, 5.74) is 0. The van der Waals surface area contributed by atoms with E-state index >= 15 is 0 Å². The van der Waals surface area contributed by atoms with Gasteiger partial charge in [-0.1, -0.05) is 18.2 Å². The Morgan fingerprint density at radius 2 is 2.26 bits per heavy atom. The van der Waals surface area contributed by atoms with Crippen LogP contribution in [0.4, 0.5) is 0 Å². The van der Waals surface area contributed by atoms with Gasteiger partial charge >= 0.3 is 0 Å². The van der Waals surface area contributed by atoms with Crippen LogP contribution in [0.25, 0.3) is 0 Å². The van der Waals surface area contributed by atoms with E-state index in [1.54, 1.807) is 4.90 Å². The summed E-state index contributed by atoms with van der Waals surface area (Å²) in [6, 6.07) is 11.4. The highest BCUT2D eigenvalue weighted by Gasteiger charge is 2.31. The maximum absolute atomic E-state index is 11.7. The van der Waals surface area contributed by atoms with E-state index < -0.39 is 0 Å². The second-order valence-electron chi connectivity index (χ2n) is 4.36. The first-order valence-corrected chi connectivity index (χ1v) is 6.39. The number of hydrogen-bond donors (Lipinski definition) is 1. The number of amides is 1. The van der Waals surface area contributed by atoms with Crippen LogP contribution >= 0.6 is 0 Å². The number of nitrogens with one attached hydrogen (secondary N) is 1. The number of benzene rings is 1. The molecule has 1 heterocycles. The van der Waals surface area contributed by atoms with Gasteiger partial charge in [0.15, 0.2) is 0 Å². The average molecular weight is 259 g/mol. The fourth-order valence-corrected chi connectivity index (χ4v) is 1.87. The first-order valence-electron chi connectivity index (χ1n) is 6.39. The highest BCUT2D eigenvalue weighted by Crippen LogP contribution is 2.15. The largest absolute Gasteiger partial charge is 0.492 e. The lowest BCUT2D eigenvalue weighted by molar-refractivity contribution is -0.135. The van der Waals surface area contributed by atoms with Gasteiger partial charge in [0.05, 0.1) is 12.6 Å². The van der Waals surface area contributed by atoms with E-state index in [0.717, 1.165) is 12.2 Å². The van der Waals surface area contributed by atoms with Crippen molar-refractivity contribution in [2.75, 3.05) is 26.2 Å². The molecule has 0 aliphatic carbocycles. The zero-order chi connectivity index (χ0) is 13.5. The Morgan fingerprint density at radius 1 is 1.47 bits per heavy atom. The van der Waals surface area contributed by atoms with E-state index in [1.807, 2.05) is 30.3 Å². The zero-order valence-electron chi connectivity index (χ0n) is 10.7. The van der Waals surface area contributed by atoms with Gasteiger partial charge in [0.1, 0.15) is 18.4 Å². The Kier molecular flexibility index (Phi) is 4.76. The zero-order valence-corrected chi connectivity index (χ0v) is 10.7. The summed E-state index contributed by atoms with van der Waals surface area (Å²) in [6.07, 6.45) is 0.791. The van der Waals surface area contributed by atoms with Crippen LogP contribution in [0.1, 0.15) is 6.42 Å². The number of carbonyl (C=O) groups excluding carboxylic acids is 1. The molecule has 0 unspecified atom stereocenters. The van der Waals surface area contributed by atoms with E-state index in [-0.39, 0.29) is 18.5 Å². The van der Waals surface area contributed by atoms with Crippen LogP contribution in [0, 0.1) is 11.3 Å². The van der Waals surface area contributed by atoms with Gasteiger partial charge in [-0.25, -0.2) is 0 Å². The van der Waals surface area contributed by atoms with Gasteiger partial charge in [0.25, 0.3) is 0 Å². The lowest BCUT2D eigenvalue weighted by atomic mass is 10.1. The van der Waals surface area contributed by atoms with Crippen LogP contribution in [-0.2, 0) is 4.79 Å². The lowest BCUT2D eigenvalue weighted by Gasteiger charge is -2.36. The standard InChI is InChI=1S/C14H17N3O2/c15-10-12-6-8-17(12)14(18)11-16-7-9-19-13-4-2-1-3-5-13/h1-5,12,16H,6-9,11H2/t12-/m0/s1. The minimum atomic E-state index is -0.227. The molecule has 1 aromatic rings. The number of hydrogen-bond acceptors (Lipinski definition) is 4. The number of nitriles is 1. The molecule has 5 nitrogen and oxygen atoms in total. The van der Waals surface area contributed by atoms with Crippen LogP contribution < -0.4 is 10.1 Å². The summed E-state index contributed by atoms with van der Waals surface area (Å²) in [4.78, 5) is 13.3. The smallest absolute Gasteiger partial charge is 0.237 e. The van der Waals surface area contributed by atoms with Gasteiger partial charge in [-0.05, 0) is 18.6 Å². The molecular weight excluding hydrogens is 242 g/mol. The van der Waals surface area contributed by atoms with E-state index in [0.29, 0.717) is 19.7 Å². The van der Waals surface area contributed by atoms with E-state index in [2.05, 4.69) is 11.4 Å². The molecule has 0 aromatic heterocycles. The van der Waals surface area contributed by atoms with Crippen molar-refractivity contribution in [3.63, 3.8) is 0 Å². The second kappa shape index (κ2) is 6.76. The van der Waals surface area contributed by atoms with Gasteiger partial charge < -0.3 is 15.0 Å². The third kappa shape index (κ3) is 3.70. The van der Waals surface area contributed by atoms with Gasteiger partial charge in [-0.2, -0.15) is 5.26 Å². The third-order valence-corrected chi connectivity index (χ3v) is 3.06. The highest BCUT2D eigenvalue weighted by atomic mass is 16.5. The second-order valence-corrected chi connectivity index (χ2v) is 4.36. The Morgan fingerprint density at radius 3 is 2.89 bits per heavy atom. The Hall–Kier alpha value is -2.06. The van der Waals surface area contributed by atoms with E-state index in [4.69, 9.17) is 10.00 Å². The normalized spacial score (nSPS) is 17.4. The highest BCUT2D eigenvalue weighted by molar-refractivity contribution is 5.79. The number of rotatable bonds is 6. The molecule has 1 amide bonds. The summed E-state index contributed by atoms with van der Waals surface area (Å²) in [7, 11) is 0.